The van der Waals surface area contributed by atoms with E-state index in [1.165, 1.54) is 11.3 Å². The first-order valence-corrected chi connectivity index (χ1v) is 7.67. The Morgan fingerprint density at radius 1 is 1.50 bits per heavy atom. The van der Waals surface area contributed by atoms with E-state index in [4.69, 9.17) is 0 Å². The number of amides is 1. The van der Waals surface area contributed by atoms with Gasteiger partial charge in [-0.15, -0.1) is 11.3 Å². The highest BCUT2D eigenvalue weighted by molar-refractivity contribution is 9.09. The lowest BCUT2D eigenvalue weighted by Gasteiger charge is -2.20. The van der Waals surface area contributed by atoms with Gasteiger partial charge in [0, 0.05) is 23.2 Å². The van der Waals surface area contributed by atoms with Gasteiger partial charge in [-0.3, -0.25) is 9.59 Å². The summed E-state index contributed by atoms with van der Waals surface area (Å²) < 4.78 is 0. The number of halogens is 1. The number of ketones is 1. The van der Waals surface area contributed by atoms with Crippen molar-refractivity contribution in [3.8, 4) is 0 Å². The Bertz CT molecular complexity index is 489. The molecule has 2 rings (SSSR count). The van der Waals surface area contributed by atoms with Gasteiger partial charge in [-0.25, -0.2) is 0 Å². The molecule has 18 heavy (non-hydrogen) atoms. The molecule has 0 aromatic carbocycles. The molecule has 1 unspecified atom stereocenters. The molecule has 0 spiro atoms. The van der Waals surface area contributed by atoms with E-state index in [2.05, 4.69) is 15.9 Å². The summed E-state index contributed by atoms with van der Waals surface area (Å²) in [5.41, 5.74) is 0.245. The summed E-state index contributed by atoms with van der Waals surface area (Å²) in [6, 6.07) is 1.82. The van der Waals surface area contributed by atoms with Crippen molar-refractivity contribution in [2.45, 2.75) is 32.0 Å². The van der Waals surface area contributed by atoms with Crippen LogP contribution in [0.3, 0.4) is 0 Å². The fourth-order valence-electron chi connectivity index (χ4n) is 1.95. The average Bonchev–Trinajstić information content (AvgIpc) is 2.81. The maximum atomic E-state index is 12.4. The summed E-state index contributed by atoms with van der Waals surface area (Å²) in [6.07, 6.45) is 0.501. The molecule has 0 N–H and O–H groups in total. The van der Waals surface area contributed by atoms with Gasteiger partial charge in [-0.05, 0) is 11.4 Å². The lowest BCUT2D eigenvalue weighted by Crippen LogP contribution is -2.27. The van der Waals surface area contributed by atoms with Crippen molar-refractivity contribution >= 4 is 44.0 Å². The highest BCUT2D eigenvalue weighted by atomic mass is 79.9. The van der Waals surface area contributed by atoms with Gasteiger partial charge in [0.15, 0.2) is 5.78 Å². The zero-order chi connectivity index (χ0) is 13.5. The third-order valence-corrected chi connectivity index (χ3v) is 4.44. The Morgan fingerprint density at radius 2 is 2.17 bits per heavy atom. The predicted octanol–water partition coefficient (Wildman–Crippen LogP) is 3.48. The number of Topliss-reactive ketones (excluding diaryl/α,β-unsaturated/α-hetero) is 1. The smallest absolute Gasteiger partial charge is 0.228 e. The van der Waals surface area contributed by atoms with Crippen LogP contribution in [0, 0.1) is 5.41 Å². The maximum absolute atomic E-state index is 12.4. The van der Waals surface area contributed by atoms with E-state index < -0.39 is 5.41 Å². The molecule has 3 nitrogen and oxygen atoms in total. The number of carbonyl (C=O) groups excluding carboxylic acids is 2. The third kappa shape index (κ3) is 2.52. The standard InChI is InChI=1S/C13H16BrNO2S/c1-13(2,3)11(17)9-4-5-18-12(9)15-7-8(14)6-10(15)16/h4-5,8H,6-7H2,1-3H3. The summed E-state index contributed by atoms with van der Waals surface area (Å²) >= 11 is 4.92. The number of hydrogen-bond acceptors (Lipinski definition) is 3. The van der Waals surface area contributed by atoms with Crippen LogP contribution in [0.5, 0.6) is 0 Å². The molecule has 1 aromatic heterocycles. The van der Waals surface area contributed by atoms with Crippen LogP contribution in [0.2, 0.25) is 0 Å². The van der Waals surface area contributed by atoms with E-state index in [0.29, 0.717) is 18.5 Å². The minimum absolute atomic E-state index is 0.0854. The van der Waals surface area contributed by atoms with Crippen molar-refractivity contribution in [2.24, 2.45) is 5.41 Å². The van der Waals surface area contributed by atoms with Gasteiger partial charge in [0.25, 0.3) is 0 Å². The van der Waals surface area contributed by atoms with Crippen LogP contribution in [-0.2, 0) is 4.79 Å². The first kappa shape index (κ1) is 13.7. The first-order valence-electron chi connectivity index (χ1n) is 5.87. The third-order valence-electron chi connectivity index (χ3n) is 2.89. The molecule has 2 heterocycles. The van der Waals surface area contributed by atoms with Crippen LogP contribution in [0.25, 0.3) is 0 Å². The molecule has 1 aliphatic rings. The van der Waals surface area contributed by atoms with Gasteiger partial charge in [0.2, 0.25) is 5.91 Å². The second kappa shape index (κ2) is 4.78. The van der Waals surface area contributed by atoms with Crippen LogP contribution in [0.4, 0.5) is 5.00 Å². The summed E-state index contributed by atoms with van der Waals surface area (Å²) in [5, 5.41) is 2.67. The number of thiophene rings is 1. The number of hydrogen-bond donors (Lipinski definition) is 0. The molecule has 0 radical (unpaired) electrons. The summed E-state index contributed by atoms with van der Waals surface area (Å²) in [4.78, 5) is 26.2. The molecule has 98 valence electrons. The minimum atomic E-state index is -0.424. The molecule has 1 aliphatic heterocycles. The van der Waals surface area contributed by atoms with Crippen molar-refractivity contribution < 1.29 is 9.59 Å². The summed E-state index contributed by atoms with van der Waals surface area (Å²) in [5.74, 6) is 0.173. The van der Waals surface area contributed by atoms with Crippen molar-refractivity contribution in [3.05, 3.63) is 17.0 Å². The van der Waals surface area contributed by atoms with Gasteiger partial charge < -0.3 is 4.90 Å². The first-order chi connectivity index (χ1) is 8.30. The van der Waals surface area contributed by atoms with E-state index in [1.807, 2.05) is 32.2 Å². The SMILES string of the molecule is CC(C)(C)C(=O)c1ccsc1N1CC(Br)CC1=O. The van der Waals surface area contributed by atoms with Gasteiger partial charge in [0.05, 0.1) is 5.56 Å². The lowest BCUT2D eigenvalue weighted by atomic mass is 9.87. The summed E-state index contributed by atoms with van der Waals surface area (Å²) in [7, 11) is 0. The van der Waals surface area contributed by atoms with Crippen LogP contribution in [0.15, 0.2) is 11.4 Å². The quantitative estimate of drug-likeness (QED) is 0.615. The van der Waals surface area contributed by atoms with Crippen molar-refractivity contribution in [1.29, 1.82) is 0 Å². The topological polar surface area (TPSA) is 37.4 Å². The highest BCUT2D eigenvalue weighted by Crippen LogP contribution is 2.36. The molecule has 0 aliphatic carbocycles. The number of rotatable bonds is 2. The number of carbonyl (C=O) groups is 2. The monoisotopic (exact) mass is 329 g/mol. The number of nitrogens with zero attached hydrogens (tertiary/aromatic N) is 1. The number of alkyl halides is 1. The molecule has 1 fully saturated rings. The zero-order valence-corrected chi connectivity index (χ0v) is 13.1. The van der Waals surface area contributed by atoms with Gasteiger partial charge in [0.1, 0.15) is 5.00 Å². The Hall–Kier alpha value is -0.680. The van der Waals surface area contributed by atoms with E-state index in [9.17, 15) is 9.59 Å². The van der Waals surface area contributed by atoms with Crippen LogP contribution in [0.1, 0.15) is 37.6 Å². The lowest BCUT2D eigenvalue weighted by molar-refractivity contribution is -0.116. The average molecular weight is 330 g/mol. The Morgan fingerprint density at radius 3 is 2.67 bits per heavy atom. The molecular weight excluding hydrogens is 314 g/mol. The Labute approximate surface area is 119 Å². The second-order valence-corrected chi connectivity index (χ2v) is 7.71. The molecule has 1 atom stereocenters. The normalized spacial score (nSPS) is 20.6. The molecular formula is C13H16BrNO2S. The van der Waals surface area contributed by atoms with Crippen LogP contribution in [-0.4, -0.2) is 23.1 Å². The molecule has 1 aromatic rings. The maximum Gasteiger partial charge on any atom is 0.228 e. The van der Waals surface area contributed by atoms with Crippen LogP contribution < -0.4 is 4.90 Å². The fraction of sp³-hybridized carbons (Fsp3) is 0.538. The van der Waals surface area contributed by atoms with Crippen molar-refractivity contribution in [3.63, 3.8) is 0 Å². The molecule has 0 saturated carbocycles. The molecule has 5 heteroatoms. The van der Waals surface area contributed by atoms with Gasteiger partial charge in [-0.2, -0.15) is 0 Å². The van der Waals surface area contributed by atoms with E-state index in [-0.39, 0.29) is 16.5 Å². The molecule has 1 amide bonds. The molecule has 1 saturated heterocycles. The second-order valence-electron chi connectivity index (χ2n) is 5.52. The zero-order valence-electron chi connectivity index (χ0n) is 10.7. The van der Waals surface area contributed by atoms with Gasteiger partial charge in [-0.1, -0.05) is 36.7 Å². The largest absolute Gasteiger partial charge is 0.302 e. The minimum Gasteiger partial charge on any atom is -0.302 e. The van der Waals surface area contributed by atoms with E-state index in [1.54, 1.807) is 4.90 Å². The van der Waals surface area contributed by atoms with E-state index in [0.717, 1.165) is 5.00 Å². The highest BCUT2D eigenvalue weighted by Gasteiger charge is 2.34. The van der Waals surface area contributed by atoms with Crippen molar-refractivity contribution in [2.75, 3.05) is 11.4 Å². The predicted molar refractivity (Wildman–Crippen MR) is 77.8 cm³/mol. The summed E-state index contributed by atoms with van der Waals surface area (Å²) in [6.45, 7) is 6.34. The number of anilines is 1. The Kier molecular flexibility index (Phi) is 3.65. The van der Waals surface area contributed by atoms with Crippen LogP contribution >= 0.6 is 27.3 Å². The molecule has 0 bridgehead atoms. The fourth-order valence-corrected chi connectivity index (χ4v) is 3.44. The van der Waals surface area contributed by atoms with E-state index >= 15 is 0 Å². The van der Waals surface area contributed by atoms with Crippen molar-refractivity contribution in [1.82, 2.24) is 0 Å². The Balaban J connectivity index is 2.34. The van der Waals surface area contributed by atoms with Gasteiger partial charge >= 0.3 is 0 Å².